The van der Waals surface area contributed by atoms with Crippen molar-refractivity contribution >= 4 is 0 Å². The maximum absolute atomic E-state index is 11.7. The predicted molar refractivity (Wildman–Crippen MR) is 31.9 cm³/mol. The summed E-state index contributed by atoms with van der Waals surface area (Å²) in [6.07, 6.45) is -1.16. The molecule has 1 heterocycles. The zero-order valence-electron chi connectivity index (χ0n) is 5.61. The van der Waals surface area contributed by atoms with Gasteiger partial charge in [0.2, 0.25) is 0 Å². The summed E-state index contributed by atoms with van der Waals surface area (Å²) in [7, 11) is 0. The van der Waals surface area contributed by atoms with E-state index in [0.717, 1.165) is 4.68 Å². The average Bonchev–Trinajstić information content (AvgIpc) is 2.34. The molecular weight excluding hydrogens is 156 g/mol. The third-order valence-electron chi connectivity index (χ3n) is 1.07. The van der Waals surface area contributed by atoms with Gasteiger partial charge in [-0.2, -0.15) is 0 Å². The van der Waals surface area contributed by atoms with Crippen LogP contribution in [0.2, 0.25) is 0 Å². The summed E-state index contributed by atoms with van der Waals surface area (Å²) in [6, 6.07) is 0. The van der Waals surface area contributed by atoms with E-state index in [0.29, 0.717) is 5.69 Å². The normalized spacial score (nSPS) is 10.9. The minimum atomic E-state index is -2.44. The number of alkyl halides is 2. The fraction of sp³-hybridized carbons (Fsp3) is 0.600. The van der Waals surface area contributed by atoms with Gasteiger partial charge in [0.05, 0.1) is 12.8 Å². The molecule has 11 heavy (non-hydrogen) atoms. The zero-order chi connectivity index (χ0) is 8.27. The van der Waals surface area contributed by atoms with Crippen LogP contribution >= 0.6 is 0 Å². The second kappa shape index (κ2) is 3.38. The fourth-order valence-electron chi connectivity index (χ4n) is 0.642. The van der Waals surface area contributed by atoms with Crippen molar-refractivity contribution in [2.24, 2.45) is 0 Å². The van der Waals surface area contributed by atoms with Gasteiger partial charge in [-0.15, -0.1) is 5.10 Å². The van der Waals surface area contributed by atoms with Gasteiger partial charge in [-0.1, -0.05) is 5.21 Å². The second-order valence-corrected chi connectivity index (χ2v) is 1.98. The van der Waals surface area contributed by atoms with Crippen LogP contribution in [0.1, 0.15) is 5.69 Å². The number of rotatable bonds is 3. The standard InChI is InChI=1S/C5H7F2N3O/c6-5(7)2-10-1-4(3-11)8-9-10/h1,5,11H,2-3H2. The molecule has 0 aliphatic heterocycles. The Labute approximate surface area is 61.4 Å². The first-order chi connectivity index (χ1) is 5.22. The van der Waals surface area contributed by atoms with Crippen LogP contribution in [0.5, 0.6) is 0 Å². The van der Waals surface area contributed by atoms with Gasteiger partial charge in [-0.05, 0) is 0 Å². The van der Waals surface area contributed by atoms with E-state index in [1.165, 1.54) is 6.20 Å². The number of aromatic nitrogens is 3. The zero-order valence-corrected chi connectivity index (χ0v) is 5.61. The lowest BCUT2D eigenvalue weighted by molar-refractivity contribution is 0.121. The Morgan fingerprint density at radius 1 is 1.64 bits per heavy atom. The molecule has 0 atom stereocenters. The Bertz CT molecular complexity index is 225. The third kappa shape index (κ3) is 2.23. The summed E-state index contributed by atoms with van der Waals surface area (Å²) in [4.78, 5) is 0. The van der Waals surface area contributed by atoms with Crippen LogP contribution in [0.25, 0.3) is 0 Å². The molecule has 0 saturated heterocycles. The minimum absolute atomic E-state index is 0.275. The Kier molecular flexibility index (Phi) is 2.48. The van der Waals surface area contributed by atoms with Crippen molar-refractivity contribution in [1.29, 1.82) is 0 Å². The average molecular weight is 163 g/mol. The maximum Gasteiger partial charge on any atom is 0.257 e. The third-order valence-corrected chi connectivity index (χ3v) is 1.07. The van der Waals surface area contributed by atoms with Crippen molar-refractivity contribution in [3.63, 3.8) is 0 Å². The lowest BCUT2D eigenvalue weighted by Crippen LogP contribution is -2.06. The Hall–Kier alpha value is -1.04. The van der Waals surface area contributed by atoms with Crippen molar-refractivity contribution in [2.45, 2.75) is 19.6 Å². The van der Waals surface area contributed by atoms with Crippen LogP contribution in [0, 0.1) is 0 Å². The van der Waals surface area contributed by atoms with E-state index in [1.54, 1.807) is 0 Å². The number of aliphatic hydroxyl groups excluding tert-OH is 1. The van der Waals surface area contributed by atoms with Gasteiger partial charge < -0.3 is 5.11 Å². The van der Waals surface area contributed by atoms with Crippen LogP contribution < -0.4 is 0 Å². The first-order valence-corrected chi connectivity index (χ1v) is 3.00. The maximum atomic E-state index is 11.7. The number of aliphatic hydroxyl groups is 1. The van der Waals surface area contributed by atoms with Crippen LogP contribution in [0.4, 0.5) is 8.78 Å². The molecule has 1 aromatic rings. The Morgan fingerprint density at radius 3 is 2.82 bits per heavy atom. The van der Waals surface area contributed by atoms with E-state index in [4.69, 9.17) is 5.11 Å². The van der Waals surface area contributed by atoms with Crippen LogP contribution in [-0.2, 0) is 13.2 Å². The number of hydrogen-bond donors (Lipinski definition) is 1. The van der Waals surface area contributed by atoms with Crippen molar-refractivity contribution in [3.05, 3.63) is 11.9 Å². The number of hydrogen-bond acceptors (Lipinski definition) is 3. The summed E-state index contributed by atoms with van der Waals surface area (Å²) in [5.74, 6) is 0. The minimum Gasteiger partial charge on any atom is -0.390 e. The molecule has 0 aromatic carbocycles. The van der Waals surface area contributed by atoms with Gasteiger partial charge in [0.25, 0.3) is 6.43 Å². The molecule has 1 N–H and O–H groups in total. The van der Waals surface area contributed by atoms with Gasteiger partial charge in [-0.25, -0.2) is 13.5 Å². The highest BCUT2D eigenvalue weighted by molar-refractivity contribution is 4.88. The molecule has 0 amide bonds. The largest absolute Gasteiger partial charge is 0.390 e. The molecule has 6 heteroatoms. The van der Waals surface area contributed by atoms with Crippen molar-refractivity contribution in [2.75, 3.05) is 0 Å². The lowest BCUT2D eigenvalue weighted by atomic mass is 10.5. The summed E-state index contributed by atoms with van der Waals surface area (Å²) in [6.45, 7) is -0.754. The monoisotopic (exact) mass is 163 g/mol. The van der Waals surface area contributed by atoms with E-state index < -0.39 is 13.0 Å². The van der Waals surface area contributed by atoms with Gasteiger partial charge in [0, 0.05) is 0 Å². The van der Waals surface area contributed by atoms with Crippen LogP contribution in [0.3, 0.4) is 0 Å². The number of nitrogens with zero attached hydrogens (tertiary/aromatic N) is 3. The molecule has 4 nitrogen and oxygen atoms in total. The predicted octanol–water partition coefficient (Wildman–Crippen LogP) is 0.0355. The van der Waals surface area contributed by atoms with Gasteiger partial charge in [0.15, 0.2) is 0 Å². The number of halogens is 2. The molecule has 0 aliphatic carbocycles. The topological polar surface area (TPSA) is 50.9 Å². The quantitative estimate of drug-likeness (QED) is 0.684. The first-order valence-electron chi connectivity index (χ1n) is 3.00. The van der Waals surface area contributed by atoms with Gasteiger partial charge >= 0.3 is 0 Å². The summed E-state index contributed by atoms with van der Waals surface area (Å²) >= 11 is 0. The highest BCUT2D eigenvalue weighted by Gasteiger charge is 2.05. The molecule has 62 valence electrons. The van der Waals surface area contributed by atoms with E-state index in [-0.39, 0.29) is 6.61 Å². The highest BCUT2D eigenvalue weighted by Crippen LogP contribution is 1.98. The fourth-order valence-corrected chi connectivity index (χ4v) is 0.642. The van der Waals surface area contributed by atoms with Crippen LogP contribution in [-0.4, -0.2) is 26.5 Å². The van der Waals surface area contributed by atoms with E-state index >= 15 is 0 Å². The van der Waals surface area contributed by atoms with Crippen molar-refractivity contribution < 1.29 is 13.9 Å². The molecule has 0 radical (unpaired) electrons. The molecule has 0 saturated carbocycles. The van der Waals surface area contributed by atoms with Crippen LogP contribution in [0.15, 0.2) is 6.20 Å². The van der Waals surface area contributed by atoms with Gasteiger partial charge in [0.1, 0.15) is 12.2 Å². The van der Waals surface area contributed by atoms with Crippen molar-refractivity contribution in [3.8, 4) is 0 Å². The smallest absolute Gasteiger partial charge is 0.257 e. The summed E-state index contributed by atoms with van der Waals surface area (Å²) in [5.41, 5.74) is 0.297. The summed E-state index contributed by atoms with van der Waals surface area (Å²) in [5, 5.41) is 15.3. The van der Waals surface area contributed by atoms with Gasteiger partial charge in [-0.3, -0.25) is 0 Å². The SMILES string of the molecule is OCc1cn(CC(F)F)nn1. The molecule has 0 spiro atoms. The molecule has 1 rings (SSSR count). The first kappa shape index (κ1) is 8.06. The van der Waals surface area contributed by atoms with E-state index in [2.05, 4.69) is 10.3 Å². The second-order valence-electron chi connectivity index (χ2n) is 1.98. The molecule has 0 aliphatic rings. The molecular formula is C5H7F2N3O. The Balaban J connectivity index is 2.58. The Morgan fingerprint density at radius 2 is 2.36 bits per heavy atom. The molecule has 0 fully saturated rings. The molecule has 0 bridgehead atoms. The molecule has 1 aromatic heterocycles. The summed E-state index contributed by atoms with van der Waals surface area (Å²) < 4.78 is 24.4. The van der Waals surface area contributed by atoms with E-state index in [1.807, 2.05) is 0 Å². The lowest BCUT2D eigenvalue weighted by Gasteiger charge is -1.95. The highest BCUT2D eigenvalue weighted by atomic mass is 19.3. The van der Waals surface area contributed by atoms with E-state index in [9.17, 15) is 8.78 Å². The molecule has 0 unspecified atom stereocenters. The van der Waals surface area contributed by atoms with Crippen molar-refractivity contribution in [1.82, 2.24) is 15.0 Å².